The van der Waals surface area contributed by atoms with Gasteiger partial charge >= 0.3 is 0 Å². The second-order valence-electron chi connectivity index (χ2n) is 5.83. The second-order valence-corrected chi connectivity index (χ2v) is 5.83. The zero-order valence-electron chi connectivity index (χ0n) is 14.4. The van der Waals surface area contributed by atoms with Crippen LogP contribution in [0.25, 0.3) is 11.0 Å². The highest BCUT2D eigenvalue weighted by atomic mass is 16.5. The number of ether oxygens (including phenoxy) is 1. The Labute approximate surface area is 150 Å². The van der Waals surface area contributed by atoms with Gasteiger partial charge in [-0.1, -0.05) is 12.1 Å². The number of rotatable bonds is 7. The van der Waals surface area contributed by atoms with Gasteiger partial charge in [-0.3, -0.25) is 9.59 Å². The summed E-state index contributed by atoms with van der Waals surface area (Å²) in [5.41, 5.74) is 7.56. The fourth-order valence-electron chi connectivity index (χ4n) is 2.70. The van der Waals surface area contributed by atoms with Gasteiger partial charge in [-0.15, -0.1) is 0 Å². The lowest BCUT2D eigenvalue weighted by Crippen LogP contribution is -2.31. The first-order valence-corrected chi connectivity index (χ1v) is 8.26. The van der Waals surface area contributed by atoms with E-state index in [1.165, 1.54) is 0 Å². The van der Waals surface area contributed by atoms with Crippen molar-refractivity contribution in [1.82, 2.24) is 14.9 Å². The van der Waals surface area contributed by atoms with Gasteiger partial charge in [0.2, 0.25) is 5.91 Å². The van der Waals surface area contributed by atoms with Crippen molar-refractivity contribution in [2.45, 2.75) is 13.5 Å². The molecule has 0 radical (unpaired) electrons. The van der Waals surface area contributed by atoms with E-state index in [9.17, 15) is 9.59 Å². The number of amides is 2. The standard InChI is InChI=1S/C19H20N4O3/c1-13-22-16-4-2-3-5-17(16)23(13)11-10-21-18(24)12-26-15-8-6-14(7-9-15)19(20)25/h2-9H,10-12H2,1H3,(H2,20,25)(H,21,24). The van der Waals surface area contributed by atoms with E-state index in [1.807, 2.05) is 31.2 Å². The number of aromatic nitrogens is 2. The Hall–Kier alpha value is -3.35. The predicted octanol–water partition coefficient (Wildman–Crippen LogP) is 1.64. The van der Waals surface area contributed by atoms with Crippen LogP contribution in [0.2, 0.25) is 0 Å². The lowest BCUT2D eigenvalue weighted by atomic mass is 10.2. The number of para-hydroxylation sites is 2. The summed E-state index contributed by atoms with van der Waals surface area (Å²) in [6.45, 7) is 2.95. The summed E-state index contributed by atoms with van der Waals surface area (Å²) in [5.74, 6) is 0.690. The number of nitrogens with zero attached hydrogens (tertiary/aromatic N) is 2. The van der Waals surface area contributed by atoms with Gasteiger partial charge in [-0.25, -0.2) is 4.98 Å². The third-order valence-electron chi connectivity index (χ3n) is 4.01. The maximum absolute atomic E-state index is 11.9. The van der Waals surface area contributed by atoms with Crippen molar-refractivity contribution in [2.75, 3.05) is 13.2 Å². The van der Waals surface area contributed by atoms with Crippen LogP contribution in [0.4, 0.5) is 0 Å². The molecule has 0 aliphatic carbocycles. The third-order valence-corrected chi connectivity index (χ3v) is 4.01. The number of fused-ring (bicyclic) bond motifs is 1. The molecule has 0 bridgehead atoms. The van der Waals surface area contributed by atoms with Crippen LogP contribution in [0.15, 0.2) is 48.5 Å². The van der Waals surface area contributed by atoms with Crippen LogP contribution in [0.1, 0.15) is 16.2 Å². The average Bonchev–Trinajstić information content (AvgIpc) is 2.96. The number of carbonyl (C=O) groups excluding carboxylic acids is 2. The maximum Gasteiger partial charge on any atom is 0.258 e. The van der Waals surface area contributed by atoms with Gasteiger partial charge in [0.25, 0.3) is 5.91 Å². The Bertz CT molecular complexity index is 932. The molecule has 0 saturated heterocycles. The normalized spacial score (nSPS) is 10.7. The molecule has 1 aromatic heterocycles. The third kappa shape index (κ3) is 4.00. The minimum absolute atomic E-state index is 0.0976. The van der Waals surface area contributed by atoms with Crippen molar-refractivity contribution in [1.29, 1.82) is 0 Å². The molecule has 134 valence electrons. The van der Waals surface area contributed by atoms with Gasteiger partial charge < -0.3 is 20.4 Å². The van der Waals surface area contributed by atoms with Crippen molar-refractivity contribution in [3.05, 3.63) is 59.9 Å². The molecule has 7 heteroatoms. The molecule has 0 fully saturated rings. The summed E-state index contributed by atoms with van der Waals surface area (Å²) in [4.78, 5) is 27.4. The number of carbonyl (C=O) groups is 2. The highest BCUT2D eigenvalue weighted by Gasteiger charge is 2.08. The molecule has 3 aromatic rings. The van der Waals surface area contributed by atoms with E-state index in [2.05, 4.69) is 14.9 Å². The minimum Gasteiger partial charge on any atom is -0.484 e. The molecule has 2 aromatic carbocycles. The van der Waals surface area contributed by atoms with Crippen LogP contribution in [0.5, 0.6) is 5.75 Å². The first-order chi connectivity index (χ1) is 12.5. The zero-order valence-corrected chi connectivity index (χ0v) is 14.4. The molecule has 26 heavy (non-hydrogen) atoms. The Morgan fingerprint density at radius 2 is 1.88 bits per heavy atom. The van der Waals surface area contributed by atoms with Gasteiger partial charge in [0.15, 0.2) is 6.61 Å². The maximum atomic E-state index is 11.9. The molecule has 0 aliphatic heterocycles. The van der Waals surface area contributed by atoms with Crippen LogP contribution in [-0.2, 0) is 11.3 Å². The van der Waals surface area contributed by atoms with E-state index in [1.54, 1.807) is 24.3 Å². The molecule has 0 saturated carbocycles. The first kappa shape index (κ1) is 17.5. The predicted molar refractivity (Wildman–Crippen MR) is 97.9 cm³/mol. The molecule has 0 aliphatic rings. The van der Waals surface area contributed by atoms with Crippen LogP contribution in [0, 0.1) is 6.92 Å². The van der Waals surface area contributed by atoms with E-state index in [4.69, 9.17) is 10.5 Å². The molecule has 0 spiro atoms. The smallest absolute Gasteiger partial charge is 0.258 e. The second kappa shape index (κ2) is 7.69. The average molecular weight is 352 g/mol. The summed E-state index contributed by atoms with van der Waals surface area (Å²) < 4.78 is 7.47. The highest BCUT2D eigenvalue weighted by Crippen LogP contribution is 2.15. The van der Waals surface area contributed by atoms with Gasteiger partial charge in [-0.2, -0.15) is 0 Å². The number of imidazole rings is 1. The van der Waals surface area contributed by atoms with Crippen LogP contribution < -0.4 is 15.8 Å². The van der Waals surface area contributed by atoms with Gasteiger partial charge in [-0.05, 0) is 43.3 Å². The van der Waals surface area contributed by atoms with Crippen molar-refractivity contribution in [3.63, 3.8) is 0 Å². The monoisotopic (exact) mass is 352 g/mol. The molecule has 7 nitrogen and oxygen atoms in total. The van der Waals surface area contributed by atoms with Gasteiger partial charge in [0.05, 0.1) is 11.0 Å². The van der Waals surface area contributed by atoms with Crippen LogP contribution in [0.3, 0.4) is 0 Å². The molecular formula is C19H20N4O3. The SMILES string of the molecule is Cc1nc2ccccc2n1CCNC(=O)COc1ccc(C(N)=O)cc1. The molecule has 3 rings (SSSR count). The lowest BCUT2D eigenvalue weighted by molar-refractivity contribution is -0.123. The molecule has 3 N–H and O–H groups in total. The van der Waals surface area contributed by atoms with E-state index < -0.39 is 5.91 Å². The summed E-state index contributed by atoms with van der Waals surface area (Å²) in [6.07, 6.45) is 0. The first-order valence-electron chi connectivity index (χ1n) is 8.26. The molecular weight excluding hydrogens is 332 g/mol. The van der Waals surface area contributed by atoms with Crippen molar-refractivity contribution < 1.29 is 14.3 Å². The number of primary amides is 1. The minimum atomic E-state index is -0.503. The number of nitrogens with two attached hydrogens (primary N) is 1. The van der Waals surface area contributed by atoms with Gasteiger partial charge in [0, 0.05) is 18.7 Å². The largest absolute Gasteiger partial charge is 0.484 e. The van der Waals surface area contributed by atoms with Crippen LogP contribution >= 0.6 is 0 Å². The Morgan fingerprint density at radius 3 is 2.62 bits per heavy atom. The zero-order chi connectivity index (χ0) is 18.5. The van der Waals surface area contributed by atoms with Crippen molar-refractivity contribution in [3.8, 4) is 5.75 Å². The Kier molecular flexibility index (Phi) is 5.17. The quantitative estimate of drug-likeness (QED) is 0.675. The number of nitrogens with one attached hydrogen (secondary N) is 1. The van der Waals surface area contributed by atoms with Gasteiger partial charge in [0.1, 0.15) is 11.6 Å². The fourth-order valence-corrected chi connectivity index (χ4v) is 2.70. The molecule has 0 atom stereocenters. The summed E-state index contributed by atoms with van der Waals surface area (Å²) in [5, 5.41) is 2.83. The highest BCUT2D eigenvalue weighted by molar-refractivity contribution is 5.92. The van der Waals surface area contributed by atoms with Crippen molar-refractivity contribution >= 4 is 22.8 Å². The molecule has 0 unspecified atom stereocenters. The molecule has 1 heterocycles. The summed E-state index contributed by atoms with van der Waals surface area (Å²) in [7, 11) is 0. The summed E-state index contributed by atoms with van der Waals surface area (Å²) >= 11 is 0. The number of hydrogen-bond acceptors (Lipinski definition) is 4. The van der Waals surface area contributed by atoms with Crippen LogP contribution in [-0.4, -0.2) is 34.5 Å². The van der Waals surface area contributed by atoms with E-state index in [-0.39, 0.29) is 12.5 Å². The number of benzene rings is 2. The van der Waals surface area contributed by atoms with E-state index >= 15 is 0 Å². The number of hydrogen-bond donors (Lipinski definition) is 2. The number of aryl methyl sites for hydroxylation is 1. The lowest BCUT2D eigenvalue weighted by Gasteiger charge is -2.10. The van der Waals surface area contributed by atoms with Crippen molar-refractivity contribution in [2.24, 2.45) is 5.73 Å². The fraction of sp³-hybridized carbons (Fsp3) is 0.211. The van der Waals surface area contributed by atoms with E-state index in [0.717, 1.165) is 16.9 Å². The topological polar surface area (TPSA) is 99.2 Å². The molecule has 2 amide bonds. The Balaban J connectivity index is 1.48. The Morgan fingerprint density at radius 1 is 1.15 bits per heavy atom. The summed E-state index contributed by atoms with van der Waals surface area (Å²) in [6, 6.07) is 14.2. The van der Waals surface area contributed by atoms with E-state index in [0.29, 0.717) is 24.4 Å².